The summed E-state index contributed by atoms with van der Waals surface area (Å²) in [5, 5.41) is 0. The molecular formula is C16H21N7O. The molecule has 0 atom stereocenters. The number of amides is 1. The Morgan fingerprint density at radius 3 is 3.04 bits per heavy atom. The monoisotopic (exact) mass is 327 g/mol. The average molecular weight is 327 g/mol. The summed E-state index contributed by atoms with van der Waals surface area (Å²) in [4.78, 5) is 34.1. The van der Waals surface area contributed by atoms with Crippen molar-refractivity contribution in [1.82, 2.24) is 29.7 Å². The number of terminal acetylenes is 1. The van der Waals surface area contributed by atoms with Crippen LogP contribution in [0.5, 0.6) is 0 Å². The number of imidazole rings is 1. The summed E-state index contributed by atoms with van der Waals surface area (Å²) in [6, 6.07) is 0. The molecule has 1 aliphatic rings. The molecule has 24 heavy (non-hydrogen) atoms. The number of aromatic nitrogens is 4. The lowest BCUT2D eigenvalue weighted by atomic mass is 10.3. The van der Waals surface area contributed by atoms with E-state index >= 15 is 0 Å². The number of aromatic amines is 1. The van der Waals surface area contributed by atoms with Crippen LogP contribution >= 0.6 is 0 Å². The van der Waals surface area contributed by atoms with Crippen molar-refractivity contribution >= 4 is 22.9 Å². The molecule has 0 bridgehead atoms. The fourth-order valence-electron chi connectivity index (χ4n) is 2.93. The Labute approximate surface area is 140 Å². The number of nitrogens with zero attached hydrogens (tertiary/aromatic N) is 6. The first kappa shape index (κ1) is 16.2. The number of fused-ring (bicyclic) bond motifs is 1. The molecule has 2 aromatic heterocycles. The predicted molar refractivity (Wildman–Crippen MR) is 91.4 cm³/mol. The lowest BCUT2D eigenvalue weighted by molar-refractivity contribution is -0.129. The summed E-state index contributed by atoms with van der Waals surface area (Å²) in [5.41, 5.74) is 1.34. The van der Waals surface area contributed by atoms with Gasteiger partial charge in [0.25, 0.3) is 0 Å². The molecule has 0 aromatic carbocycles. The van der Waals surface area contributed by atoms with Gasteiger partial charge < -0.3 is 14.8 Å². The van der Waals surface area contributed by atoms with Gasteiger partial charge in [0.15, 0.2) is 11.5 Å². The first-order chi connectivity index (χ1) is 11.7. The van der Waals surface area contributed by atoms with Crippen molar-refractivity contribution in [1.29, 1.82) is 0 Å². The number of nitrogens with one attached hydrogen (secondary N) is 1. The van der Waals surface area contributed by atoms with E-state index in [2.05, 4.69) is 30.8 Å². The highest BCUT2D eigenvalue weighted by Gasteiger charge is 2.21. The van der Waals surface area contributed by atoms with E-state index in [0.717, 1.165) is 31.6 Å². The third-order valence-corrected chi connectivity index (χ3v) is 4.19. The minimum atomic E-state index is 0.0892. The lowest BCUT2D eigenvalue weighted by Gasteiger charge is -2.25. The second kappa shape index (κ2) is 7.27. The van der Waals surface area contributed by atoms with E-state index in [4.69, 9.17) is 6.42 Å². The Hall–Kier alpha value is -2.66. The molecule has 3 heterocycles. The molecule has 1 aliphatic heterocycles. The fraction of sp³-hybridized carbons (Fsp3) is 0.500. The number of anilines is 1. The third kappa shape index (κ3) is 3.46. The maximum absolute atomic E-state index is 12.6. The second-order valence-corrected chi connectivity index (χ2v) is 5.87. The number of rotatable bonds is 4. The van der Waals surface area contributed by atoms with E-state index in [9.17, 15) is 4.79 Å². The van der Waals surface area contributed by atoms with E-state index in [-0.39, 0.29) is 12.5 Å². The van der Waals surface area contributed by atoms with Crippen molar-refractivity contribution in [3.63, 3.8) is 0 Å². The molecule has 0 saturated carbocycles. The zero-order valence-corrected chi connectivity index (χ0v) is 13.8. The van der Waals surface area contributed by atoms with E-state index < -0.39 is 0 Å². The maximum Gasteiger partial charge on any atom is 0.242 e. The van der Waals surface area contributed by atoms with Gasteiger partial charge in [-0.05, 0) is 6.42 Å². The molecular weight excluding hydrogens is 306 g/mol. The quantitative estimate of drug-likeness (QED) is 0.794. The van der Waals surface area contributed by atoms with Gasteiger partial charge in [-0.25, -0.2) is 15.0 Å². The van der Waals surface area contributed by atoms with Crippen LogP contribution in [0.25, 0.3) is 11.2 Å². The Balaban J connectivity index is 1.64. The first-order valence-corrected chi connectivity index (χ1v) is 7.98. The van der Waals surface area contributed by atoms with E-state index in [0.29, 0.717) is 24.6 Å². The summed E-state index contributed by atoms with van der Waals surface area (Å²) in [6.07, 6.45) is 9.35. The van der Waals surface area contributed by atoms with Crippen LogP contribution in [0.15, 0.2) is 12.7 Å². The van der Waals surface area contributed by atoms with Crippen molar-refractivity contribution in [3.05, 3.63) is 12.7 Å². The number of likely N-dealkylation sites (N-methyl/N-ethyl adjacent to an activating group) is 1. The summed E-state index contributed by atoms with van der Waals surface area (Å²) < 4.78 is 0. The highest BCUT2D eigenvalue weighted by Crippen LogP contribution is 2.18. The number of hydrogen-bond acceptors (Lipinski definition) is 6. The van der Waals surface area contributed by atoms with Gasteiger partial charge in [0.2, 0.25) is 5.91 Å². The largest absolute Gasteiger partial charge is 0.348 e. The molecule has 0 aliphatic carbocycles. The molecule has 1 N–H and O–H groups in total. The van der Waals surface area contributed by atoms with Gasteiger partial charge in [-0.1, -0.05) is 5.92 Å². The molecule has 3 rings (SSSR count). The van der Waals surface area contributed by atoms with Crippen LogP contribution < -0.4 is 4.90 Å². The highest BCUT2D eigenvalue weighted by atomic mass is 16.2. The van der Waals surface area contributed by atoms with E-state index in [1.807, 2.05) is 16.8 Å². The number of hydrogen-bond donors (Lipinski definition) is 1. The van der Waals surface area contributed by atoms with Gasteiger partial charge in [-0.2, -0.15) is 0 Å². The Kier molecular flexibility index (Phi) is 4.91. The van der Waals surface area contributed by atoms with Gasteiger partial charge in [0, 0.05) is 33.2 Å². The Bertz CT molecular complexity index is 750. The second-order valence-electron chi connectivity index (χ2n) is 5.87. The number of carbonyl (C=O) groups is 1. The number of H-pyrrole nitrogens is 1. The highest BCUT2D eigenvalue weighted by molar-refractivity contribution is 5.87. The first-order valence-electron chi connectivity index (χ1n) is 7.98. The van der Waals surface area contributed by atoms with Crippen LogP contribution in [0.3, 0.4) is 0 Å². The fourth-order valence-corrected chi connectivity index (χ4v) is 2.93. The van der Waals surface area contributed by atoms with Crippen molar-refractivity contribution < 1.29 is 4.79 Å². The van der Waals surface area contributed by atoms with Crippen LogP contribution in [0, 0.1) is 12.3 Å². The normalized spacial score (nSPS) is 15.9. The summed E-state index contributed by atoms with van der Waals surface area (Å²) in [6.45, 7) is 4.12. The van der Waals surface area contributed by atoms with Gasteiger partial charge >= 0.3 is 0 Å². The van der Waals surface area contributed by atoms with Gasteiger partial charge in [0.05, 0.1) is 19.4 Å². The van der Waals surface area contributed by atoms with Gasteiger partial charge in [-0.15, -0.1) is 6.42 Å². The van der Waals surface area contributed by atoms with Crippen molar-refractivity contribution in [2.45, 2.75) is 6.42 Å². The SMILES string of the molecule is C#CCN1CCCN(C(=O)CN(C)c2ncnc3nc[nH]c23)CC1. The van der Waals surface area contributed by atoms with Crippen LogP contribution in [0.2, 0.25) is 0 Å². The molecule has 1 saturated heterocycles. The standard InChI is InChI=1S/C16H21N7O/c1-3-5-22-6-4-7-23(9-8-22)13(24)10-21(2)16-14-15(18-11-17-14)19-12-20-16/h1,11-12H,4-10H2,2H3,(H,17,18,19,20). The molecule has 1 amide bonds. The van der Waals surface area contributed by atoms with Gasteiger partial charge in [0.1, 0.15) is 11.8 Å². The molecule has 8 nitrogen and oxygen atoms in total. The van der Waals surface area contributed by atoms with Crippen molar-refractivity contribution in [3.8, 4) is 12.3 Å². The Morgan fingerprint density at radius 1 is 1.33 bits per heavy atom. The van der Waals surface area contributed by atoms with Gasteiger partial charge in [-0.3, -0.25) is 9.69 Å². The minimum absolute atomic E-state index is 0.0892. The maximum atomic E-state index is 12.6. The molecule has 2 aromatic rings. The van der Waals surface area contributed by atoms with Crippen LogP contribution in [-0.2, 0) is 4.79 Å². The molecule has 0 unspecified atom stereocenters. The summed E-state index contributed by atoms with van der Waals surface area (Å²) in [5.74, 6) is 3.43. The van der Waals surface area contributed by atoms with Crippen molar-refractivity contribution in [2.75, 3.05) is 51.2 Å². The predicted octanol–water partition coefficient (Wildman–Crippen LogP) is -0.0434. The molecule has 0 spiro atoms. The van der Waals surface area contributed by atoms with E-state index in [1.54, 1.807) is 6.33 Å². The lowest BCUT2D eigenvalue weighted by Crippen LogP contribution is -2.41. The Morgan fingerprint density at radius 2 is 2.21 bits per heavy atom. The molecule has 126 valence electrons. The average Bonchev–Trinajstić information content (AvgIpc) is 2.94. The number of carbonyl (C=O) groups excluding carboxylic acids is 1. The third-order valence-electron chi connectivity index (χ3n) is 4.19. The topological polar surface area (TPSA) is 81.2 Å². The van der Waals surface area contributed by atoms with Crippen molar-refractivity contribution in [2.24, 2.45) is 0 Å². The zero-order valence-electron chi connectivity index (χ0n) is 13.8. The summed E-state index contributed by atoms with van der Waals surface area (Å²) >= 11 is 0. The van der Waals surface area contributed by atoms with E-state index in [1.165, 1.54) is 6.33 Å². The molecule has 0 radical (unpaired) electrons. The summed E-state index contributed by atoms with van der Waals surface area (Å²) in [7, 11) is 1.85. The zero-order chi connectivity index (χ0) is 16.9. The minimum Gasteiger partial charge on any atom is -0.348 e. The smallest absolute Gasteiger partial charge is 0.242 e. The molecule has 8 heteroatoms. The van der Waals surface area contributed by atoms with Crippen LogP contribution in [0.4, 0.5) is 5.82 Å². The van der Waals surface area contributed by atoms with Crippen LogP contribution in [-0.4, -0.2) is 82.0 Å². The van der Waals surface area contributed by atoms with Crippen LogP contribution in [0.1, 0.15) is 6.42 Å². The molecule has 1 fully saturated rings.